The molecule has 4 rings (SSSR count). The number of H-pyrrole nitrogens is 1. The Balaban J connectivity index is 1.79. The second kappa shape index (κ2) is 8.51. The number of nitrogens with zero attached hydrogens (tertiary/aromatic N) is 2. The largest absolute Gasteiger partial charge is 0.493 e. The number of halogens is 1. The van der Waals surface area contributed by atoms with Crippen molar-refractivity contribution in [1.29, 1.82) is 0 Å². The molecule has 0 saturated heterocycles. The number of anilines is 2. The summed E-state index contributed by atoms with van der Waals surface area (Å²) in [6.45, 7) is 0.526. The van der Waals surface area contributed by atoms with Crippen molar-refractivity contribution in [3.8, 4) is 11.5 Å². The maximum atomic E-state index is 6.03. The molecule has 0 aliphatic heterocycles. The molecule has 1 unspecified atom stereocenters. The van der Waals surface area contributed by atoms with Crippen LogP contribution in [-0.2, 0) is 0 Å². The SMILES string of the molecule is COc1cccc(C(CNc2cc(Cl)nc(N)n2)c2c[nH]c3ccccc23)c1OC. The van der Waals surface area contributed by atoms with E-state index in [1.54, 1.807) is 20.3 Å². The van der Waals surface area contributed by atoms with Crippen LogP contribution in [0.25, 0.3) is 10.9 Å². The average molecular weight is 424 g/mol. The molecule has 0 amide bonds. The number of hydrogen-bond acceptors (Lipinski definition) is 6. The van der Waals surface area contributed by atoms with Crippen LogP contribution in [0.1, 0.15) is 17.0 Å². The van der Waals surface area contributed by atoms with Crippen LogP contribution in [0.5, 0.6) is 11.5 Å². The zero-order valence-corrected chi connectivity index (χ0v) is 17.4. The van der Waals surface area contributed by atoms with E-state index < -0.39 is 0 Å². The zero-order chi connectivity index (χ0) is 21.1. The molecule has 0 bridgehead atoms. The number of nitrogen functional groups attached to an aromatic ring is 1. The molecule has 4 N–H and O–H groups in total. The highest BCUT2D eigenvalue weighted by Crippen LogP contribution is 2.40. The summed E-state index contributed by atoms with van der Waals surface area (Å²) < 4.78 is 11.2. The minimum absolute atomic E-state index is 0.0684. The summed E-state index contributed by atoms with van der Waals surface area (Å²) in [7, 11) is 3.28. The van der Waals surface area contributed by atoms with Crippen LogP contribution in [0.2, 0.25) is 5.15 Å². The molecule has 0 fully saturated rings. The molecule has 30 heavy (non-hydrogen) atoms. The standard InChI is InChI=1S/C22H22ClN5O2/c1-29-18-9-5-7-14(21(18)30-2)16(12-26-20-10-19(23)27-22(24)28-20)15-11-25-17-8-4-3-6-13(15)17/h3-11,16,25H,12H2,1-2H3,(H3,24,26,27,28). The average Bonchev–Trinajstić information content (AvgIpc) is 3.17. The topological polar surface area (TPSA) is 98.1 Å². The van der Waals surface area contributed by atoms with Gasteiger partial charge in [-0.15, -0.1) is 0 Å². The lowest BCUT2D eigenvalue weighted by atomic mass is 9.90. The molecule has 2 heterocycles. The van der Waals surface area contributed by atoms with Gasteiger partial charge >= 0.3 is 0 Å². The van der Waals surface area contributed by atoms with Crippen molar-refractivity contribution >= 4 is 34.3 Å². The Hall–Kier alpha value is -3.45. The molecule has 0 spiro atoms. The molecular formula is C22H22ClN5O2. The molecular weight excluding hydrogens is 402 g/mol. The van der Waals surface area contributed by atoms with Crippen molar-refractivity contribution in [2.24, 2.45) is 0 Å². The molecule has 2 aromatic heterocycles. The predicted molar refractivity (Wildman–Crippen MR) is 120 cm³/mol. The van der Waals surface area contributed by atoms with Crippen molar-refractivity contribution in [2.75, 3.05) is 31.8 Å². The van der Waals surface area contributed by atoms with Crippen molar-refractivity contribution in [2.45, 2.75) is 5.92 Å². The van der Waals surface area contributed by atoms with Crippen molar-refractivity contribution in [1.82, 2.24) is 15.0 Å². The number of fused-ring (bicyclic) bond motifs is 1. The molecule has 1 atom stereocenters. The Kier molecular flexibility index (Phi) is 5.63. The van der Waals surface area contributed by atoms with Gasteiger partial charge in [0.15, 0.2) is 11.5 Å². The second-order valence-corrected chi connectivity index (χ2v) is 7.13. The number of methoxy groups -OCH3 is 2. The number of aromatic amines is 1. The molecule has 0 saturated carbocycles. The van der Waals surface area contributed by atoms with Gasteiger partial charge in [0.05, 0.1) is 14.2 Å². The first-order valence-electron chi connectivity index (χ1n) is 9.41. The summed E-state index contributed by atoms with van der Waals surface area (Å²) in [6, 6.07) is 15.7. The van der Waals surface area contributed by atoms with Gasteiger partial charge in [0.1, 0.15) is 11.0 Å². The van der Waals surface area contributed by atoms with Gasteiger partial charge in [-0.05, 0) is 17.7 Å². The lowest BCUT2D eigenvalue weighted by molar-refractivity contribution is 0.350. The van der Waals surface area contributed by atoms with E-state index in [1.165, 1.54) is 0 Å². The predicted octanol–water partition coefficient (Wildman–Crippen LogP) is 4.45. The maximum Gasteiger partial charge on any atom is 0.223 e. The molecule has 4 aromatic rings. The van der Waals surface area contributed by atoms with Gasteiger partial charge in [0.2, 0.25) is 5.95 Å². The van der Waals surface area contributed by atoms with Crippen LogP contribution in [0.4, 0.5) is 11.8 Å². The number of nitrogens with two attached hydrogens (primary N) is 1. The van der Waals surface area contributed by atoms with Crippen LogP contribution in [0, 0.1) is 0 Å². The van der Waals surface area contributed by atoms with Gasteiger partial charge in [-0.2, -0.15) is 4.98 Å². The van der Waals surface area contributed by atoms with Crippen LogP contribution in [0.3, 0.4) is 0 Å². The Morgan fingerprint density at radius 1 is 1.07 bits per heavy atom. The number of hydrogen-bond donors (Lipinski definition) is 3. The minimum atomic E-state index is -0.0684. The third kappa shape index (κ3) is 3.84. The third-order valence-electron chi connectivity index (χ3n) is 5.00. The molecule has 0 radical (unpaired) electrons. The Labute approximate surface area is 179 Å². The van der Waals surface area contributed by atoms with Gasteiger partial charge in [0, 0.05) is 41.2 Å². The van der Waals surface area contributed by atoms with Gasteiger partial charge in [0.25, 0.3) is 0 Å². The van der Waals surface area contributed by atoms with Crippen molar-refractivity contribution < 1.29 is 9.47 Å². The summed E-state index contributed by atoms with van der Waals surface area (Å²) in [6.07, 6.45) is 2.03. The number of para-hydroxylation sites is 2. The number of ether oxygens (including phenoxy) is 2. The first-order chi connectivity index (χ1) is 14.6. The Morgan fingerprint density at radius 3 is 2.67 bits per heavy atom. The van der Waals surface area contributed by atoms with E-state index in [2.05, 4.69) is 32.4 Å². The smallest absolute Gasteiger partial charge is 0.223 e. The monoisotopic (exact) mass is 423 g/mol. The van der Waals surface area contributed by atoms with Crippen LogP contribution in [0.15, 0.2) is 54.7 Å². The first kappa shape index (κ1) is 19.8. The Morgan fingerprint density at radius 2 is 1.90 bits per heavy atom. The fourth-order valence-electron chi connectivity index (χ4n) is 3.69. The van der Waals surface area contributed by atoms with E-state index in [1.807, 2.05) is 36.5 Å². The highest BCUT2D eigenvalue weighted by molar-refractivity contribution is 6.29. The summed E-state index contributed by atoms with van der Waals surface area (Å²) in [5, 5.41) is 4.76. The van der Waals surface area contributed by atoms with Crippen LogP contribution in [-0.4, -0.2) is 35.7 Å². The fourth-order valence-corrected chi connectivity index (χ4v) is 3.88. The lowest BCUT2D eigenvalue weighted by Gasteiger charge is -2.22. The third-order valence-corrected chi connectivity index (χ3v) is 5.20. The van der Waals surface area contributed by atoms with E-state index in [9.17, 15) is 0 Å². The first-order valence-corrected chi connectivity index (χ1v) is 9.79. The second-order valence-electron chi connectivity index (χ2n) is 6.74. The summed E-state index contributed by atoms with van der Waals surface area (Å²) in [5.41, 5.74) is 8.92. The van der Waals surface area contributed by atoms with Crippen LogP contribution < -0.4 is 20.5 Å². The van der Waals surface area contributed by atoms with E-state index >= 15 is 0 Å². The number of nitrogens with one attached hydrogen (secondary N) is 2. The Bertz CT molecular complexity index is 1160. The molecule has 2 aromatic carbocycles. The van der Waals surface area contributed by atoms with Crippen LogP contribution >= 0.6 is 11.6 Å². The lowest BCUT2D eigenvalue weighted by Crippen LogP contribution is -2.16. The van der Waals surface area contributed by atoms with Gasteiger partial charge in [-0.3, -0.25) is 0 Å². The quantitative estimate of drug-likeness (QED) is 0.380. The molecule has 0 aliphatic rings. The number of rotatable bonds is 7. The van der Waals surface area contributed by atoms with E-state index in [4.69, 9.17) is 26.8 Å². The number of aromatic nitrogens is 3. The summed E-state index contributed by atoms with van der Waals surface area (Å²) in [4.78, 5) is 11.5. The normalized spacial score (nSPS) is 12.0. The van der Waals surface area contributed by atoms with E-state index in [0.717, 1.165) is 22.0 Å². The maximum absolute atomic E-state index is 6.03. The summed E-state index contributed by atoms with van der Waals surface area (Å²) >= 11 is 6.03. The molecule has 7 nitrogen and oxygen atoms in total. The van der Waals surface area contributed by atoms with Crippen molar-refractivity contribution in [3.63, 3.8) is 0 Å². The van der Waals surface area contributed by atoms with Gasteiger partial charge in [-0.25, -0.2) is 4.98 Å². The van der Waals surface area contributed by atoms with Crippen molar-refractivity contribution in [3.05, 3.63) is 71.0 Å². The van der Waals surface area contributed by atoms with Gasteiger partial charge in [-0.1, -0.05) is 41.9 Å². The molecule has 8 heteroatoms. The van der Waals surface area contributed by atoms with E-state index in [-0.39, 0.29) is 17.0 Å². The van der Waals surface area contributed by atoms with Gasteiger partial charge < -0.3 is 25.5 Å². The molecule has 154 valence electrons. The zero-order valence-electron chi connectivity index (χ0n) is 16.6. The highest BCUT2D eigenvalue weighted by Gasteiger charge is 2.23. The highest BCUT2D eigenvalue weighted by atomic mass is 35.5. The summed E-state index contributed by atoms with van der Waals surface area (Å²) in [5.74, 6) is 1.97. The minimum Gasteiger partial charge on any atom is -0.493 e. The van der Waals surface area contributed by atoms with E-state index in [0.29, 0.717) is 23.9 Å². The number of benzene rings is 2. The molecule has 0 aliphatic carbocycles. The fraction of sp³-hybridized carbons (Fsp3) is 0.182.